The number of aromatic nitrogens is 2. The van der Waals surface area contributed by atoms with Crippen molar-refractivity contribution in [2.45, 2.75) is 40.2 Å². The van der Waals surface area contributed by atoms with Crippen LogP contribution in [0.15, 0.2) is 24.3 Å². The van der Waals surface area contributed by atoms with E-state index in [0.717, 1.165) is 29.0 Å². The molecule has 2 aromatic rings. The van der Waals surface area contributed by atoms with Gasteiger partial charge in [-0.1, -0.05) is 32.9 Å². The molecule has 0 saturated heterocycles. The van der Waals surface area contributed by atoms with Crippen LogP contribution in [0.1, 0.15) is 32.9 Å². The third-order valence-corrected chi connectivity index (χ3v) is 3.31. The minimum absolute atomic E-state index is 0.444. The second-order valence-electron chi connectivity index (χ2n) is 5.05. The maximum Gasteiger partial charge on any atom is 0.148 e. The molecule has 96 valence electrons. The quantitative estimate of drug-likeness (QED) is 0.888. The minimum atomic E-state index is 0.444. The highest BCUT2D eigenvalue weighted by Gasteiger charge is 2.13. The molecular weight excluding hydrogens is 222 g/mol. The lowest BCUT2D eigenvalue weighted by molar-refractivity contribution is 0.509. The summed E-state index contributed by atoms with van der Waals surface area (Å²) in [6.07, 6.45) is 1.09. The van der Waals surface area contributed by atoms with Gasteiger partial charge in [0.25, 0.3) is 0 Å². The van der Waals surface area contributed by atoms with Crippen LogP contribution in [0.5, 0.6) is 0 Å². The Morgan fingerprint density at radius 3 is 2.28 bits per heavy atom. The fraction of sp³-hybridized carbons (Fsp3) is 0.467. The lowest BCUT2D eigenvalue weighted by Crippen LogP contribution is -2.25. The fourth-order valence-corrected chi connectivity index (χ4v) is 2.14. The number of aryl methyl sites for hydroxylation is 1. The van der Waals surface area contributed by atoms with Gasteiger partial charge in [-0.15, -0.1) is 0 Å². The Balaban J connectivity index is 2.35. The molecule has 1 heterocycles. The molecule has 0 radical (unpaired) electrons. The van der Waals surface area contributed by atoms with Gasteiger partial charge in [-0.2, -0.15) is 0 Å². The van der Waals surface area contributed by atoms with Crippen molar-refractivity contribution < 1.29 is 0 Å². The smallest absolute Gasteiger partial charge is 0.148 e. The predicted octanol–water partition coefficient (Wildman–Crippen LogP) is 3.78. The molecule has 0 aliphatic carbocycles. The fourth-order valence-electron chi connectivity index (χ4n) is 2.14. The highest BCUT2D eigenvalue weighted by atomic mass is 15.0. The second-order valence-corrected chi connectivity index (χ2v) is 5.05. The van der Waals surface area contributed by atoms with Gasteiger partial charge >= 0.3 is 0 Å². The number of nitrogens with zero attached hydrogens (tertiary/aromatic N) is 2. The highest BCUT2D eigenvalue weighted by molar-refractivity contribution is 5.76. The van der Waals surface area contributed by atoms with Gasteiger partial charge in [0.15, 0.2) is 0 Å². The van der Waals surface area contributed by atoms with Crippen molar-refractivity contribution in [1.29, 1.82) is 0 Å². The van der Waals surface area contributed by atoms with E-state index in [-0.39, 0.29) is 0 Å². The van der Waals surface area contributed by atoms with E-state index in [1.165, 1.54) is 0 Å². The van der Waals surface area contributed by atoms with Gasteiger partial charge in [0.05, 0.1) is 16.7 Å². The third-order valence-electron chi connectivity index (χ3n) is 3.31. The van der Waals surface area contributed by atoms with Crippen LogP contribution in [-0.2, 0) is 0 Å². The summed E-state index contributed by atoms with van der Waals surface area (Å²) in [5.41, 5.74) is 2.87. The van der Waals surface area contributed by atoms with Gasteiger partial charge < -0.3 is 5.32 Å². The van der Waals surface area contributed by atoms with Crippen LogP contribution < -0.4 is 5.32 Å². The summed E-state index contributed by atoms with van der Waals surface area (Å²) in [5, 5.41) is 3.51. The normalized spacial score (nSPS) is 12.9. The number of para-hydroxylation sites is 2. The van der Waals surface area contributed by atoms with Crippen molar-refractivity contribution in [3.63, 3.8) is 0 Å². The van der Waals surface area contributed by atoms with E-state index in [0.29, 0.717) is 12.0 Å². The zero-order valence-electron chi connectivity index (χ0n) is 11.6. The van der Waals surface area contributed by atoms with Crippen molar-refractivity contribution >= 4 is 16.9 Å². The molecule has 0 spiro atoms. The molecule has 0 saturated carbocycles. The lowest BCUT2D eigenvalue weighted by atomic mass is 10.0. The molecule has 3 heteroatoms. The number of hydrogen-bond donors (Lipinski definition) is 1. The van der Waals surface area contributed by atoms with Crippen LogP contribution >= 0.6 is 0 Å². The van der Waals surface area contributed by atoms with Crippen LogP contribution in [-0.4, -0.2) is 16.0 Å². The zero-order valence-corrected chi connectivity index (χ0v) is 11.6. The molecule has 1 aromatic carbocycles. The molecule has 1 atom stereocenters. The van der Waals surface area contributed by atoms with Crippen LogP contribution in [0.25, 0.3) is 11.0 Å². The van der Waals surface area contributed by atoms with Gasteiger partial charge in [0, 0.05) is 6.04 Å². The van der Waals surface area contributed by atoms with E-state index >= 15 is 0 Å². The lowest BCUT2D eigenvalue weighted by Gasteiger charge is -2.22. The van der Waals surface area contributed by atoms with Crippen LogP contribution in [0.3, 0.4) is 0 Å². The molecule has 0 bridgehead atoms. The van der Waals surface area contributed by atoms with E-state index in [4.69, 9.17) is 0 Å². The maximum atomic E-state index is 4.67. The molecule has 0 aliphatic heterocycles. The Morgan fingerprint density at radius 1 is 1.11 bits per heavy atom. The first kappa shape index (κ1) is 12.8. The summed E-state index contributed by atoms with van der Waals surface area (Å²) >= 11 is 0. The third kappa shape index (κ3) is 2.61. The number of anilines is 1. The molecule has 0 fully saturated rings. The van der Waals surface area contributed by atoms with Crippen molar-refractivity contribution in [2.75, 3.05) is 5.32 Å². The zero-order chi connectivity index (χ0) is 13.1. The molecule has 0 amide bonds. The summed E-state index contributed by atoms with van der Waals surface area (Å²) in [5.74, 6) is 1.50. The predicted molar refractivity (Wildman–Crippen MR) is 76.8 cm³/mol. The van der Waals surface area contributed by atoms with Crippen molar-refractivity contribution in [3.05, 3.63) is 30.0 Å². The molecule has 18 heavy (non-hydrogen) atoms. The van der Waals surface area contributed by atoms with Crippen LogP contribution in [0.4, 0.5) is 5.82 Å². The SMILES string of the molecule is CCC(Nc1nc2ccccc2nc1C)C(C)C. The largest absolute Gasteiger partial charge is 0.366 e. The molecule has 2 rings (SSSR count). The number of rotatable bonds is 4. The minimum Gasteiger partial charge on any atom is -0.366 e. The van der Waals surface area contributed by atoms with Crippen LogP contribution in [0, 0.1) is 12.8 Å². The Morgan fingerprint density at radius 2 is 1.72 bits per heavy atom. The Kier molecular flexibility index (Phi) is 3.80. The summed E-state index contributed by atoms with van der Waals surface area (Å²) < 4.78 is 0. The van der Waals surface area contributed by atoms with Gasteiger partial charge in [-0.05, 0) is 31.4 Å². The summed E-state index contributed by atoms with van der Waals surface area (Å²) in [6.45, 7) is 8.66. The Labute approximate surface area is 109 Å². The van der Waals surface area contributed by atoms with Gasteiger partial charge in [-0.3, -0.25) is 0 Å². The molecule has 3 nitrogen and oxygen atoms in total. The topological polar surface area (TPSA) is 37.8 Å². The maximum absolute atomic E-state index is 4.67. The molecular formula is C15H21N3. The van der Waals surface area contributed by atoms with Gasteiger partial charge in [0.1, 0.15) is 5.82 Å². The standard InChI is InChI=1S/C15H21N3/c1-5-12(10(2)3)17-15-11(4)16-13-8-6-7-9-14(13)18-15/h6-10,12H,5H2,1-4H3,(H,17,18). The molecule has 1 aromatic heterocycles. The number of hydrogen-bond acceptors (Lipinski definition) is 3. The average Bonchev–Trinajstić information content (AvgIpc) is 2.35. The summed E-state index contributed by atoms with van der Waals surface area (Å²) in [4.78, 5) is 9.27. The number of benzene rings is 1. The first-order chi connectivity index (χ1) is 8.61. The van der Waals surface area contributed by atoms with E-state index < -0.39 is 0 Å². The first-order valence-electron chi connectivity index (χ1n) is 6.61. The molecule has 1 unspecified atom stereocenters. The molecule has 0 aliphatic rings. The Hall–Kier alpha value is -1.64. The van der Waals surface area contributed by atoms with E-state index in [1.54, 1.807) is 0 Å². The van der Waals surface area contributed by atoms with Crippen LogP contribution in [0.2, 0.25) is 0 Å². The Bertz CT molecular complexity index is 534. The highest BCUT2D eigenvalue weighted by Crippen LogP contribution is 2.19. The summed E-state index contributed by atoms with van der Waals surface area (Å²) in [6, 6.07) is 8.43. The number of nitrogens with one attached hydrogen (secondary N) is 1. The van der Waals surface area contributed by atoms with E-state index in [1.807, 2.05) is 31.2 Å². The molecule has 1 N–H and O–H groups in total. The van der Waals surface area contributed by atoms with Crippen molar-refractivity contribution in [2.24, 2.45) is 5.92 Å². The van der Waals surface area contributed by atoms with Gasteiger partial charge in [0.2, 0.25) is 0 Å². The van der Waals surface area contributed by atoms with Gasteiger partial charge in [-0.25, -0.2) is 9.97 Å². The second kappa shape index (κ2) is 5.34. The first-order valence-corrected chi connectivity index (χ1v) is 6.61. The van der Waals surface area contributed by atoms with Crippen molar-refractivity contribution in [1.82, 2.24) is 9.97 Å². The van der Waals surface area contributed by atoms with E-state index in [2.05, 4.69) is 36.1 Å². The summed E-state index contributed by atoms with van der Waals surface area (Å²) in [7, 11) is 0. The monoisotopic (exact) mass is 243 g/mol. The average molecular weight is 243 g/mol. The van der Waals surface area contributed by atoms with E-state index in [9.17, 15) is 0 Å². The van der Waals surface area contributed by atoms with Crippen molar-refractivity contribution in [3.8, 4) is 0 Å². The number of fused-ring (bicyclic) bond motifs is 1.